The molecule has 0 amide bonds. The van der Waals surface area contributed by atoms with Crippen molar-refractivity contribution in [1.29, 1.82) is 0 Å². The Hall–Kier alpha value is -1.71. The van der Waals surface area contributed by atoms with Crippen LogP contribution in [0.5, 0.6) is 0 Å². The Morgan fingerprint density at radius 2 is 2.05 bits per heavy atom. The third-order valence-electron chi connectivity index (χ3n) is 3.95. The molecular weight excluding hydrogens is 305 g/mol. The molecule has 1 aromatic heterocycles. The molecule has 2 heterocycles. The minimum atomic E-state index is -0.462. The molecular formula is C16H13Cl2N3. The molecule has 0 saturated heterocycles. The van der Waals surface area contributed by atoms with Crippen molar-refractivity contribution in [2.24, 2.45) is 0 Å². The largest absolute Gasteiger partial charge is 0.360 e. The van der Waals surface area contributed by atoms with E-state index in [1.165, 1.54) is 0 Å². The van der Waals surface area contributed by atoms with Crippen molar-refractivity contribution in [2.45, 2.75) is 12.6 Å². The third kappa shape index (κ3) is 1.78. The molecule has 106 valence electrons. The van der Waals surface area contributed by atoms with E-state index in [4.69, 9.17) is 28.3 Å². The highest BCUT2D eigenvalue weighted by Crippen LogP contribution is 2.43. The lowest BCUT2D eigenvalue weighted by atomic mass is 10.0. The Labute approximate surface area is 132 Å². The fourth-order valence-corrected chi connectivity index (χ4v) is 3.26. The molecule has 0 saturated carbocycles. The number of fused-ring (bicyclic) bond motifs is 5. The quantitative estimate of drug-likeness (QED) is 0.660. The van der Waals surface area contributed by atoms with E-state index < -0.39 is 5.66 Å². The van der Waals surface area contributed by atoms with Crippen LogP contribution in [0.4, 0.5) is 5.69 Å². The van der Waals surface area contributed by atoms with Crippen LogP contribution in [0.1, 0.15) is 6.92 Å². The van der Waals surface area contributed by atoms with Gasteiger partial charge in [0.15, 0.2) is 0 Å². The highest BCUT2D eigenvalue weighted by molar-refractivity contribution is 6.31. The lowest BCUT2D eigenvalue weighted by Crippen LogP contribution is -2.44. The number of nitrogens with one attached hydrogen (secondary N) is 1. The monoisotopic (exact) mass is 317 g/mol. The van der Waals surface area contributed by atoms with E-state index in [0.29, 0.717) is 10.9 Å². The smallest absolute Gasteiger partial charge is 0.143 e. The predicted molar refractivity (Wildman–Crippen MR) is 88.2 cm³/mol. The van der Waals surface area contributed by atoms with Crippen molar-refractivity contribution < 1.29 is 0 Å². The van der Waals surface area contributed by atoms with Crippen LogP contribution in [0.15, 0.2) is 42.5 Å². The van der Waals surface area contributed by atoms with Gasteiger partial charge in [-0.2, -0.15) is 5.10 Å². The molecule has 0 bridgehead atoms. The first-order valence-electron chi connectivity index (χ1n) is 6.75. The van der Waals surface area contributed by atoms with Crippen molar-refractivity contribution in [3.63, 3.8) is 0 Å². The molecule has 1 N–H and O–H groups in total. The second kappa shape index (κ2) is 4.39. The number of hydrogen-bond acceptors (Lipinski definition) is 2. The van der Waals surface area contributed by atoms with Crippen LogP contribution in [-0.4, -0.2) is 15.7 Å². The highest BCUT2D eigenvalue weighted by Gasteiger charge is 2.35. The maximum Gasteiger partial charge on any atom is 0.143 e. The zero-order valence-electron chi connectivity index (χ0n) is 11.4. The summed E-state index contributed by atoms with van der Waals surface area (Å²) in [6.07, 6.45) is 0. The van der Waals surface area contributed by atoms with Gasteiger partial charge in [0.25, 0.3) is 0 Å². The van der Waals surface area contributed by atoms with Gasteiger partial charge >= 0.3 is 0 Å². The Morgan fingerprint density at radius 1 is 1.24 bits per heavy atom. The molecule has 0 radical (unpaired) electrons. The van der Waals surface area contributed by atoms with E-state index >= 15 is 0 Å². The fraction of sp³-hybridized carbons (Fsp3) is 0.188. The van der Waals surface area contributed by atoms with Crippen LogP contribution in [0.25, 0.3) is 22.2 Å². The SMILES string of the molecule is CC1(CCl)Nc2ccc(Cl)cc2-c2c3ccccc3nn21. The number of anilines is 1. The van der Waals surface area contributed by atoms with Crippen molar-refractivity contribution in [3.8, 4) is 11.3 Å². The molecule has 0 fully saturated rings. The van der Waals surface area contributed by atoms with Crippen LogP contribution < -0.4 is 5.32 Å². The summed E-state index contributed by atoms with van der Waals surface area (Å²) >= 11 is 12.4. The zero-order chi connectivity index (χ0) is 14.6. The minimum absolute atomic E-state index is 0.413. The van der Waals surface area contributed by atoms with Crippen LogP contribution in [0, 0.1) is 0 Å². The Bertz CT molecular complexity index is 856. The van der Waals surface area contributed by atoms with Gasteiger partial charge < -0.3 is 5.32 Å². The molecule has 1 aliphatic heterocycles. The number of benzene rings is 2. The lowest BCUT2D eigenvalue weighted by molar-refractivity contribution is 0.377. The first kappa shape index (κ1) is 13.0. The minimum Gasteiger partial charge on any atom is -0.360 e. The van der Waals surface area contributed by atoms with Crippen LogP contribution in [0.2, 0.25) is 5.02 Å². The van der Waals surface area contributed by atoms with E-state index in [9.17, 15) is 0 Å². The van der Waals surface area contributed by atoms with Crippen LogP contribution in [0.3, 0.4) is 0 Å². The third-order valence-corrected chi connectivity index (χ3v) is 4.70. The number of halogens is 2. The van der Waals surface area contributed by atoms with Gasteiger partial charge in [0.2, 0.25) is 0 Å². The highest BCUT2D eigenvalue weighted by atomic mass is 35.5. The number of hydrogen-bond donors (Lipinski definition) is 1. The van der Waals surface area contributed by atoms with Crippen molar-refractivity contribution >= 4 is 39.8 Å². The van der Waals surface area contributed by atoms with Gasteiger partial charge in [0.05, 0.1) is 17.1 Å². The molecule has 3 aromatic rings. The first-order valence-corrected chi connectivity index (χ1v) is 7.66. The maximum atomic E-state index is 6.23. The Balaban J connectivity index is 2.14. The molecule has 2 aromatic carbocycles. The maximum absolute atomic E-state index is 6.23. The van der Waals surface area contributed by atoms with Gasteiger partial charge in [-0.3, -0.25) is 0 Å². The topological polar surface area (TPSA) is 29.9 Å². The molecule has 0 aliphatic carbocycles. The summed E-state index contributed by atoms with van der Waals surface area (Å²) in [5, 5.41) is 10.0. The van der Waals surface area contributed by atoms with Gasteiger partial charge in [0.1, 0.15) is 5.66 Å². The summed E-state index contributed by atoms with van der Waals surface area (Å²) in [6, 6.07) is 14.0. The molecule has 1 unspecified atom stereocenters. The Kier molecular flexibility index (Phi) is 2.72. The zero-order valence-corrected chi connectivity index (χ0v) is 12.9. The number of aromatic nitrogens is 2. The average Bonchev–Trinajstić information content (AvgIpc) is 2.89. The second-order valence-electron chi connectivity index (χ2n) is 5.50. The molecule has 0 spiro atoms. The summed E-state index contributed by atoms with van der Waals surface area (Å²) in [4.78, 5) is 0. The second-order valence-corrected chi connectivity index (χ2v) is 6.20. The first-order chi connectivity index (χ1) is 10.1. The number of nitrogens with zero attached hydrogens (tertiary/aromatic N) is 2. The van der Waals surface area contributed by atoms with Crippen molar-refractivity contribution in [3.05, 3.63) is 47.5 Å². The van der Waals surface area contributed by atoms with Crippen LogP contribution >= 0.6 is 23.2 Å². The lowest BCUT2D eigenvalue weighted by Gasteiger charge is -2.37. The van der Waals surface area contributed by atoms with E-state index in [-0.39, 0.29) is 0 Å². The number of rotatable bonds is 1. The molecule has 4 rings (SSSR count). The molecule has 1 aliphatic rings. The number of alkyl halides is 1. The molecule has 21 heavy (non-hydrogen) atoms. The van der Waals surface area contributed by atoms with E-state index in [1.807, 2.05) is 48.0 Å². The normalized spacial score (nSPS) is 20.0. The molecule has 1 atom stereocenters. The van der Waals surface area contributed by atoms with Crippen LogP contribution in [-0.2, 0) is 5.66 Å². The summed E-state index contributed by atoms with van der Waals surface area (Å²) in [6.45, 7) is 2.05. The fourth-order valence-electron chi connectivity index (χ4n) is 2.90. The molecule has 3 nitrogen and oxygen atoms in total. The summed E-state index contributed by atoms with van der Waals surface area (Å²) < 4.78 is 1.98. The van der Waals surface area contributed by atoms with E-state index in [0.717, 1.165) is 27.8 Å². The van der Waals surface area contributed by atoms with Crippen molar-refractivity contribution in [2.75, 3.05) is 11.2 Å². The average molecular weight is 318 g/mol. The van der Waals surface area contributed by atoms with Gasteiger partial charge in [-0.25, -0.2) is 4.68 Å². The van der Waals surface area contributed by atoms with Crippen molar-refractivity contribution in [1.82, 2.24) is 9.78 Å². The van der Waals surface area contributed by atoms with Gasteiger partial charge in [-0.15, -0.1) is 11.6 Å². The summed E-state index contributed by atoms with van der Waals surface area (Å²) in [5.74, 6) is 0.413. The Morgan fingerprint density at radius 3 is 2.86 bits per heavy atom. The van der Waals surface area contributed by atoms with Gasteiger partial charge in [0, 0.05) is 21.7 Å². The molecule has 5 heteroatoms. The predicted octanol–water partition coefficient (Wildman–Crippen LogP) is 4.69. The summed E-state index contributed by atoms with van der Waals surface area (Å²) in [5.41, 5.74) is 3.64. The van der Waals surface area contributed by atoms with E-state index in [1.54, 1.807) is 0 Å². The van der Waals surface area contributed by atoms with E-state index in [2.05, 4.69) is 11.4 Å². The van der Waals surface area contributed by atoms with Gasteiger partial charge in [-0.05, 0) is 31.2 Å². The van der Waals surface area contributed by atoms with Gasteiger partial charge in [-0.1, -0.05) is 29.8 Å². The standard InChI is InChI=1S/C16H13Cl2N3/c1-16(9-17)19-13-7-6-10(18)8-12(13)15-11-4-2-3-5-14(11)20-21(15)16/h2-8,19H,9H2,1H3. The summed E-state index contributed by atoms with van der Waals surface area (Å²) in [7, 11) is 0.